The molecule has 212 valence electrons. The second-order valence-electron chi connectivity index (χ2n) is 8.81. The lowest BCUT2D eigenvalue weighted by molar-refractivity contribution is -0.134. The summed E-state index contributed by atoms with van der Waals surface area (Å²) in [7, 11) is 1.56. The normalized spacial score (nSPS) is 10.8. The number of nitrogens with zero attached hydrogens (tertiary/aromatic N) is 1. The van der Waals surface area contributed by atoms with Crippen LogP contribution in [-0.4, -0.2) is 34.9 Å². The van der Waals surface area contributed by atoms with Crippen molar-refractivity contribution in [3.63, 3.8) is 0 Å². The lowest BCUT2D eigenvalue weighted by Crippen LogP contribution is -2.33. The first-order chi connectivity index (χ1) is 19.8. The molecule has 1 amide bonds. The van der Waals surface area contributed by atoms with Crippen molar-refractivity contribution in [2.45, 2.75) is 26.1 Å². The van der Waals surface area contributed by atoms with Gasteiger partial charge in [0, 0.05) is 30.9 Å². The van der Waals surface area contributed by atoms with E-state index in [1.165, 1.54) is 0 Å². The molecule has 4 rings (SSSR count). The number of carboxylic acids is 1. The van der Waals surface area contributed by atoms with E-state index in [1.807, 2.05) is 54.6 Å². The maximum Gasteiger partial charge on any atom is 0.300 e. The summed E-state index contributed by atoms with van der Waals surface area (Å²) in [4.78, 5) is 26.7. The van der Waals surface area contributed by atoms with Gasteiger partial charge in [0.25, 0.3) is 5.97 Å². The van der Waals surface area contributed by atoms with Gasteiger partial charge in [0.1, 0.15) is 18.5 Å². The second-order valence-corrected chi connectivity index (χ2v) is 8.81. The summed E-state index contributed by atoms with van der Waals surface area (Å²) in [5.41, 5.74) is 9.38. The third kappa shape index (κ3) is 9.70. The fourth-order valence-electron chi connectivity index (χ4n) is 3.72. The Bertz CT molecular complexity index is 1430. The zero-order valence-corrected chi connectivity index (χ0v) is 22.8. The van der Waals surface area contributed by atoms with Crippen molar-refractivity contribution < 1.29 is 24.2 Å². The molecule has 0 bridgehead atoms. The van der Waals surface area contributed by atoms with Gasteiger partial charge in [0.05, 0.1) is 12.8 Å². The van der Waals surface area contributed by atoms with Crippen LogP contribution in [0.2, 0.25) is 0 Å². The van der Waals surface area contributed by atoms with Gasteiger partial charge in [-0.2, -0.15) is 0 Å². The van der Waals surface area contributed by atoms with E-state index in [-0.39, 0.29) is 18.3 Å². The van der Waals surface area contributed by atoms with E-state index in [0.29, 0.717) is 34.9 Å². The van der Waals surface area contributed by atoms with E-state index in [0.717, 1.165) is 18.2 Å². The highest BCUT2D eigenvalue weighted by atomic mass is 16.5. The van der Waals surface area contributed by atoms with E-state index < -0.39 is 12.0 Å². The molecule has 0 radical (unpaired) electrons. The topological polar surface area (TPSA) is 160 Å². The standard InChI is InChI=1S/C29H29N5O3.C2H4O2/c1-36-26-17-22(12-15-25(26)37-19-24-9-5-6-16-32-24)27(29(35)33-18-20-7-3-2-4-8-20)34-23-13-10-21(11-14-23)28(30)31;1-2(3)4/h2-17,27,34H,18-19H2,1H3,(H3,30,31)(H,33,35);1H3,(H,3,4)/t27-;/m1./s1. The number of pyridine rings is 1. The number of methoxy groups -OCH3 is 1. The number of carbonyl (C=O) groups excluding carboxylic acids is 1. The molecule has 0 aliphatic carbocycles. The number of carboxylic acid groups (broad SMARTS) is 1. The molecule has 1 aromatic heterocycles. The van der Waals surface area contributed by atoms with Gasteiger partial charge < -0.3 is 30.9 Å². The van der Waals surface area contributed by atoms with E-state index in [2.05, 4.69) is 15.6 Å². The van der Waals surface area contributed by atoms with Crippen LogP contribution in [0.3, 0.4) is 0 Å². The Balaban J connectivity index is 0.00000108. The molecule has 0 fully saturated rings. The number of nitrogen functional groups attached to an aromatic ring is 1. The third-order valence-corrected chi connectivity index (χ3v) is 5.70. The molecule has 0 saturated heterocycles. The number of hydrogen-bond acceptors (Lipinski definition) is 7. The Labute approximate surface area is 238 Å². The first-order valence-electron chi connectivity index (χ1n) is 12.7. The summed E-state index contributed by atoms with van der Waals surface area (Å²) in [5.74, 6) is -0.00684. The van der Waals surface area contributed by atoms with E-state index in [9.17, 15) is 4.79 Å². The Morgan fingerprint density at radius 2 is 1.66 bits per heavy atom. The van der Waals surface area contributed by atoms with Crippen LogP contribution in [0.1, 0.15) is 35.3 Å². The SMILES string of the molecule is CC(=O)O.COc1cc([C@@H](Nc2ccc(C(=N)N)cc2)C(=O)NCc2ccccc2)ccc1OCc1ccccn1. The van der Waals surface area contributed by atoms with Crippen LogP contribution in [0.5, 0.6) is 11.5 Å². The lowest BCUT2D eigenvalue weighted by Gasteiger charge is -2.22. The van der Waals surface area contributed by atoms with E-state index in [4.69, 9.17) is 30.5 Å². The van der Waals surface area contributed by atoms with Crippen LogP contribution in [0, 0.1) is 5.41 Å². The Hall–Kier alpha value is -5.38. The van der Waals surface area contributed by atoms with Gasteiger partial charge in [-0.25, -0.2) is 0 Å². The number of nitrogens with two attached hydrogens (primary N) is 1. The van der Waals surface area contributed by atoms with Crippen molar-refractivity contribution in [1.29, 1.82) is 5.41 Å². The summed E-state index contributed by atoms with van der Waals surface area (Å²) in [6.45, 7) is 1.77. The van der Waals surface area contributed by atoms with Crippen molar-refractivity contribution in [2.75, 3.05) is 12.4 Å². The summed E-state index contributed by atoms with van der Waals surface area (Å²) < 4.78 is 11.5. The zero-order chi connectivity index (χ0) is 29.6. The van der Waals surface area contributed by atoms with Gasteiger partial charge in [-0.1, -0.05) is 42.5 Å². The highest BCUT2D eigenvalue weighted by Gasteiger charge is 2.22. The number of aromatic nitrogens is 1. The van der Waals surface area contributed by atoms with Gasteiger partial charge in [0.15, 0.2) is 11.5 Å². The highest BCUT2D eigenvalue weighted by Crippen LogP contribution is 2.32. The Morgan fingerprint density at radius 1 is 0.976 bits per heavy atom. The van der Waals surface area contributed by atoms with Crippen molar-refractivity contribution in [2.24, 2.45) is 5.73 Å². The smallest absolute Gasteiger partial charge is 0.300 e. The number of nitrogens with one attached hydrogen (secondary N) is 3. The van der Waals surface area contributed by atoms with Crippen molar-refractivity contribution in [3.05, 3.63) is 120 Å². The number of carbonyl (C=O) groups is 2. The number of anilines is 1. The molecule has 0 spiro atoms. The largest absolute Gasteiger partial charge is 0.493 e. The molecule has 6 N–H and O–H groups in total. The van der Waals surface area contributed by atoms with Crippen LogP contribution in [-0.2, 0) is 22.7 Å². The van der Waals surface area contributed by atoms with E-state index in [1.54, 1.807) is 49.7 Å². The minimum Gasteiger partial charge on any atom is -0.493 e. The molecular weight excluding hydrogens is 522 g/mol. The molecule has 10 heteroatoms. The molecule has 1 heterocycles. The molecule has 0 aliphatic rings. The first kappa shape index (κ1) is 30.2. The second kappa shape index (κ2) is 15.3. The Morgan fingerprint density at radius 3 is 2.27 bits per heavy atom. The fraction of sp³-hybridized carbons (Fsp3) is 0.161. The zero-order valence-electron chi connectivity index (χ0n) is 22.8. The van der Waals surface area contributed by atoms with Gasteiger partial charge in [0.2, 0.25) is 5.91 Å². The maximum absolute atomic E-state index is 13.4. The highest BCUT2D eigenvalue weighted by molar-refractivity contribution is 5.95. The van der Waals surface area contributed by atoms with Gasteiger partial charge in [-0.15, -0.1) is 0 Å². The minimum absolute atomic E-state index is 0.0188. The number of hydrogen-bond donors (Lipinski definition) is 5. The number of amides is 1. The molecule has 3 aromatic carbocycles. The number of amidine groups is 1. The van der Waals surface area contributed by atoms with Crippen molar-refractivity contribution in [3.8, 4) is 11.5 Å². The summed E-state index contributed by atoms with van der Waals surface area (Å²) in [6, 6.07) is 27.1. The fourth-order valence-corrected chi connectivity index (χ4v) is 3.72. The van der Waals surface area contributed by atoms with Crippen LogP contribution < -0.4 is 25.8 Å². The van der Waals surface area contributed by atoms with Crippen LogP contribution >= 0.6 is 0 Å². The molecule has 1 atom stereocenters. The van der Waals surface area contributed by atoms with Crippen LogP contribution in [0.25, 0.3) is 0 Å². The van der Waals surface area contributed by atoms with Crippen molar-refractivity contribution >= 4 is 23.4 Å². The predicted molar refractivity (Wildman–Crippen MR) is 157 cm³/mol. The summed E-state index contributed by atoms with van der Waals surface area (Å²) in [5, 5.41) is 21.3. The molecule has 0 saturated carbocycles. The Kier molecular flexibility index (Phi) is 11.2. The van der Waals surface area contributed by atoms with Crippen molar-refractivity contribution in [1.82, 2.24) is 10.3 Å². The number of rotatable bonds is 11. The van der Waals surface area contributed by atoms with Gasteiger partial charge in [-0.3, -0.25) is 20.0 Å². The first-order valence-corrected chi connectivity index (χ1v) is 12.7. The summed E-state index contributed by atoms with van der Waals surface area (Å²) >= 11 is 0. The average Bonchev–Trinajstić information content (AvgIpc) is 2.98. The molecule has 0 unspecified atom stereocenters. The number of aliphatic carboxylic acids is 1. The van der Waals surface area contributed by atoms with Crippen LogP contribution in [0.15, 0.2) is 97.2 Å². The molecular formula is C31H33N5O5. The van der Waals surface area contributed by atoms with Gasteiger partial charge in [-0.05, 0) is 59.7 Å². The lowest BCUT2D eigenvalue weighted by atomic mass is 10.0. The average molecular weight is 556 g/mol. The summed E-state index contributed by atoms with van der Waals surface area (Å²) in [6.07, 6.45) is 1.71. The monoisotopic (exact) mass is 555 g/mol. The third-order valence-electron chi connectivity index (χ3n) is 5.70. The molecule has 10 nitrogen and oxygen atoms in total. The van der Waals surface area contributed by atoms with Gasteiger partial charge >= 0.3 is 0 Å². The molecule has 41 heavy (non-hydrogen) atoms. The predicted octanol–water partition coefficient (Wildman–Crippen LogP) is 4.51. The quantitative estimate of drug-likeness (QED) is 0.133. The van der Waals surface area contributed by atoms with E-state index >= 15 is 0 Å². The van der Waals surface area contributed by atoms with Crippen LogP contribution in [0.4, 0.5) is 5.69 Å². The maximum atomic E-state index is 13.4. The number of benzene rings is 3. The minimum atomic E-state index is -0.833. The molecule has 4 aromatic rings. The molecule has 0 aliphatic heterocycles. The number of ether oxygens (including phenoxy) is 2.